The molecule has 2 rings (SSSR count). The van der Waals surface area contributed by atoms with Crippen LogP contribution in [0.15, 0.2) is 30.3 Å². The Labute approximate surface area is 128 Å². The Hall–Kier alpha value is -0.910. The lowest BCUT2D eigenvalue weighted by Gasteiger charge is -2.36. The van der Waals surface area contributed by atoms with Crippen LogP contribution in [0.4, 0.5) is 0 Å². The SMILES string of the molecule is CC(C)(CN1CCCS(=O)(=O)CC1)C(N)c1ccccc1. The molecule has 0 aliphatic carbocycles. The smallest absolute Gasteiger partial charge is 0.151 e. The van der Waals surface area contributed by atoms with Crippen LogP contribution in [0.25, 0.3) is 0 Å². The van der Waals surface area contributed by atoms with Gasteiger partial charge in [0.25, 0.3) is 0 Å². The molecule has 1 saturated heterocycles. The van der Waals surface area contributed by atoms with Crippen molar-refractivity contribution >= 4 is 9.84 Å². The highest BCUT2D eigenvalue weighted by atomic mass is 32.2. The summed E-state index contributed by atoms with van der Waals surface area (Å²) in [4.78, 5) is 2.24. The molecule has 1 atom stereocenters. The van der Waals surface area contributed by atoms with Crippen LogP contribution in [0, 0.1) is 5.41 Å². The number of rotatable bonds is 4. The fraction of sp³-hybridized carbons (Fsp3) is 0.625. The Kier molecular flexibility index (Phi) is 5.07. The van der Waals surface area contributed by atoms with Crippen LogP contribution in [0.1, 0.15) is 31.9 Å². The minimum Gasteiger partial charge on any atom is -0.323 e. The van der Waals surface area contributed by atoms with Crippen molar-refractivity contribution in [2.45, 2.75) is 26.3 Å². The molecule has 0 bridgehead atoms. The summed E-state index contributed by atoms with van der Waals surface area (Å²) in [7, 11) is -2.85. The predicted molar refractivity (Wildman–Crippen MR) is 86.9 cm³/mol. The molecule has 4 nitrogen and oxygen atoms in total. The maximum atomic E-state index is 11.7. The highest BCUT2D eigenvalue weighted by Crippen LogP contribution is 2.32. The van der Waals surface area contributed by atoms with E-state index in [1.807, 2.05) is 18.2 Å². The average molecular weight is 310 g/mol. The molecular formula is C16H26N2O2S. The van der Waals surface area contributed by atoms with E-state index in [4.69, 9.17) is 5.73 Å². The van der Waals surface area contributed by atoms with Gasteiger partial charge in [0.15, 0.2) is 9.84 Å². The van der Waals surface area contributed by atoms with Crippen LogP contribution in [0.2, 0.25) is 0 Å². The number of hydrogen-bond acceptors (Lipinski definition) is 4. The maximum absolute atomic E-state index is 11.7. The van der Waals surface area contributed by atoms with Gasteiger partial charge in [-0.25, -0.2) is 8.42 Å². The molecule has 118 valence electrons. The van der Waals surface area contributed by atoms with Gasteiger partial charge in [0.1, 0.15) is 0 Å². The zero-order chi connectivity index (χ0) is 15.5. The van der Waals surface area contributed by atoms with Crippen molar-refractivity contribution < 1.29 is 8.42 Å². The van der Waals surface area contributed by atoms with E-state index in [0.29, 0.717) is 12.3 Å². The van der Waals surface area contributed by atoms with Gasteiger partial charge in [-0.3, -0.25) is 0 Å². The molecule has 5 heteroatoms. The minimum atomic E-state index is -2.85. The molecule has 1 aliphatic rings. The first-order valence-electron chi connectivity index (χ1n) is 7.53. The number of sulfone groups is 1. The van der Waals surface area contributed by atoms with Gasteiger partial charge in [0.2, 0.25) is 0 Å². The normalized spacial score (nSPS) is 21.7. The minimum absolute atomic E-state index is 0.0569. The molecule has 1 fully saturated rings. The van der Waals surface area contributed by atoms with Crippen molar-refractivity contribution in [3.05, 3.63) is 35.9 Å². The van der Waals surface area contributed by atoms with Crippen LogP contribution < -0.4 is 5.73 Å². The molecule has 0 spiro atoms. The summed E-state index contributed by atoms with van der Waals surface area (Å²) >= 11 is 0. The second kappa shape index (κ2) is 6.46. The Morgan fingerprint density at radius 1 is 1.19 bits per heavy atom. The summed E-state index contributed by atoms with van der Waals surface area (Å²) in [5.74, 6) is 0.582. The number of benzene rings is 1. The topological polar surface area (TPSA) is 63.4 Å². The summed E-state index contributed by atoms with van der Waals surface area (Å²) < 4.78 is 23.4. The summed E-state index contributed by atoms with van der Waals surface area (Å²) in [5.41, 5.74) is 7.47. The molecule has 0 aromatic heterocycles. The zero-order valence-corrected chi connectivity index (χ0v) is 13.8. The molecule has 1 unspecified atom stereocenters. The Morgan fingerprint density at radius 2 is 1.86 bits per heavy atom. The van der Waals surface area contributed by atoms with E-state index in [1.54, 1.807) is 0 Å². The van der Waals surface area contributed by atoms with E-state index in [-0.39, 0.29) is 17.2 Å². The van der Waals surface area contributed by atoms with Crippen LogP contribution in [-0.4, -0.2) is 44.5 Å². The Balaban J connectivity index is 2.03. The lowest BCUT2D eigenvalue weighted by Crippen LogP contribution is -2.42. The molecule has 21 heavy (non-hydrogen) atoms. The van der Waals surface area contributed by atoms with Gasteiger partial charge in [-0.1, -0.05) is 44.2 Å². The standard InChI is InChI=1S/C16H26N2O2S/c1-16(2,15(17)14-7-4-3-5-8-14)13-18-9-6-11-21(19,20)12-10-18/h3-5,7-8,15H,6,9-13,17H2,1-2H3. The molecule has 2 N–H and O–H groups in total. The van der Waals surface area contributed by atoms with E-state index >= 15 is 0 Å². The van der Waals surface area contributed by atoms with Crippen molar-refractivity contribution in [3.8, 4) is 0 Å². The van der Waals surface area contributed by atoms with Gasteiger partial charge < -0.3 is 10.6 Å². The van der Waals surface area contributed by atoms with Gasteiger partial charge >= 0.3 is 0 Å². The van der Waals surface area contributed by atoms with Crippen molar-refractivity contribution in [1.82, 2.24) is 4.90 Å². The summed E-state index contributed by atoms with van der Waals surface area (Å²) in [5, 5.41) is 0. The third-order valence-electron chi connectivity index (χ3n) is 4.28. The fourth-order valence-electron chi connectivity index (χ4n) is 2.93. The van der Waals surface area contributed by atoms with Crippen LogP contribution >= 0.6 is 0 Å². The van der Waals surface area contributed by atoms with Crippen molar-refractivity contribution in [2.24, 2.45) is 11.1 Å². The van der Waals surface area contributed by atoms with Crippen molar-refractivity contribution in [2.75, 3.05) is 31.1 Å². The quantitative estimate of drug-likeness (QED) is 0.921. The van der Waals surface area contributed by atoms with Gasteiger partial charge in [0.05, 0.1) is 11.5 Å². The molecule has 1 aromatic rings. The lowest BCUT2D eigenvalue weighted by atomic mass is 9.80. The van der Waals surface area contributed by atoms with E-state index in [2.05, 4.69) is 30.9 Å². The lowest BCUT2D eigenvalue weighted by molar-refractivity contribution is 0.160. The summed E-state index contributed by atoms with van der Waals surface area (Å²) in [6, 6.07) is 10.0. The van der Waals surface area contributed by atoms with Gasteiger partial charge in [-0.05, 0) is 23.9 Å². The number of nitrogens with two attached hydrogens (primary N) is 1. The Bertz CT molecular complexity index is 555. The monoisotopic (exact) mass is 310 g/mol. The summed E-state index contributed by atoms with van der Waals surface area (Å²) in [6.07, 6.45) is 0.721. The van der Waals surface area contributed by atoms with Crippen molar-refractivity contribution in [1.29, 1.82) is 0 Å². The van der Waals surface area contributed by atoms with E-state index in [9.17, 15) is 8.42 Å². The average Bonchev–Trinajstić information content (AvgIpc) is 2.60. The van der Waals surface area contributed by atoms with E-state index in [0.717, 1.165) is 25.1 Å². The number of nitrogens with zero attached hydrogens (tertiary/aromatic N) is 1. The number of hydrogen-bond donors (Lipinski definition) is 1. The predicted octanol–water partition coefficient (Wildman–Crippen LogP) is 1.83. The van der Waals surface area contributed by atoms with Gasteiger partial charge in [-0.15, -0.1) is 0 Å². The highest BCUT2D eigenvalue weighted by Gasteiger charge is 2.31. The zero-order valence-electron chi connectivity index (χ0n) is 13.0. The first-order chi connectivity index (χ1) is 9.80. The van der Waals surface area contributed by atoms with Crippen LogP contribution in [0.5, 0.6) is 0 Å². The molecule has 1 aromatic carbocycles. The van der Waals surface area contributed by atoms with E-state index in [1.165, 1.54) is 0 Å². The van der Waals surface area contributed by atoms with Gasteiger partial charge in [0, 0.05) is 19.1 Å². The van der Waals surface area contributed by atoms with E-state index < -0.39 is 9.84 Å². The second-order valence-corrected chi connectivity index (χ2v) is 8.96. The van der Waals surface area contributed by atoms with Gasteiger partial charge in [-0.2, -0.15) is 0 Å². The highest BCUT2D eigenvalue weighted by molar-refractivity contribution is 7.91. The van der Waals surface area contributed by atoms with Crippen molar-refractivity contribution in [3.63, 3.8) is 0 Å². The summed E-state index contributed by atoms with van der Waals surface area (Å²) in [6.45, 7) is 6.59. The molecule has 1 aliphatic heterocycles. The molecule has 0 radical (unpaired) electrons. The second-order valence-electron chi connectivity index (χ2n) is 6.66. The third-order valence-corrected chi connectivity index (χ3v) is 6.00. The molecule has 1 heterocycles. The third kappa shape index (κ3) is 4.53. The maximum Gasteiger partial charge on any atom is 0.151 e. The first-order valence-corrected chi connectivity index (χ1v) is 9.36. The van der Waals surface area contributed by atoms with Crippen LogP contribution in [0.3, 0.4) is 0 Å². The first kappa shape index (κ1) is 16.5. The molecule has 0 amide bonds. The molecule has 0 saturated carbocycles. The molecular weight excluding hydrogens is 284 g/mol. The largest absolute Gasteiger partial charge is 0.323 e. The Morgan fingerprint density at radius 3 is 2.52 bits per heavy atom. The fourth-order valence-corrected chi connectivity index (χ4v) is 4.24. The van der Waals surface area contributed by atoms with Crippen LogP contribution in [-0.2, 0) is 9.84 Å².